The van der Waals surface area contributed by atoms with Crippen LogP contribution in [-0.4, -0.2) is 47.5 Å². The molecule has 0 radical (unpaired) electrons. The molecule has 0 aliphatic carbocycles. The van der Waals surface area contributed by atoms with Gasteiger partial charge in [-0.1, -0.05) is 0 Å². The van der Waals surface area contributed by atoms with Crippen LogP contribution in [0.5, 0.6) is 17.2 Å². The molecule has 0 aromatic heterocycles. The maximum absolute atomic E-state index is 11.7. The fourth-order valence-corrected chi connectivity index (χ4v) is 1.96. The lowest BCUT2D eigenvalue weighted by atomic mass is 10.0. The van der Waals surface area contributed by atoms with E-state index in [9.17, 15) is 4.79 Å². The number of amides is 1. The van der Waals surface area contributed by atoms with Crippen molar-refractivity contribution in [2.24, 2.45) is 5.73 Å². The van der Waals surface area contributed by atoms with Crippen molar-refractivity contribution >= 4 is 5.91 Å². The summed E-state index contributed by atoms with van der Waals surface area (Å²) in [6.45, 7) is 0.953. The highest BCUT2D eigenvalue weighted by atomic mass is 16.5. The lowest BCUT2D eigenvalue weighted by Crippen LogP contribution is -2.35. The molecule has 21 heavy (non-hydrogen) atoms. The van der Waals surface area contributed by atoms with E-state index in [1.54, 1.807) is 19.2 Å². The molecule has 1 amide bonds. The second-order valence-corrected chi connectivity index (χ2v) is 4.24. The summed E-state index contributed by atoms with van der Waals surface area (Å²) in [5, 5.41) is 3.03. The lowest BCUT2D eigenvalue weighted by molar-refractivity contribution is -0.120. The number of ether oxygens (including phenoxy) is 4. The second-order valence-electron chi connectivity index (χ2n) is 4.24. The number of nitrogens with two attached hydrogens (primary N) is 1. The minimum absolute atomic E-state index is 0.462. The maximum Gasteiger partial charge on any atom is 0.239 e. The summed E-state index contributed by atoms with van der Waals surface area (Å²) in [5.74, 6) is 0.891. The Balaban J connectivity index is 3.15. The van der Waals surface area contributed by atoms with Gasteiger partial charge in [0.25, 0.3) is 0 Å². The Bertz CT molecular complexity index is 453. The van der Waals surface area contributed by atoms with E-state index >= 15 is 0 Å². The number of nitrogens with one attached hydrogen (secondary N) is 1. The first-order valence-electron chi connectivity index (χ1n) is 6.40. The fourth-order valence-electron chi connectivity index (χ4n) is 1.96. The van der Waals surface area contributed by atoms with Crippen LogP contribution in [0.3, 0.4) is 0 Å². The van der Waals surface area contributed by atoms with Crippen molar-refractivity contribution < 1.29 is 23.7 Å². The van der Waals surface area contributed by atoms with Crippen LogP contribution in [-0.2, 0) is 9.53 Å². The predicted molar refractivity (Wildman–Crippen MR) is 77.9 cm³/mol. The Morgan fingerprint density at radius 2 is 1.71 bits per heavy atom. The van der Waals surface area contributed by atoms with Gasteiger partial charge in [-0.25, -0.2) is 0 Å². The summed E-state index contributed by atoms with van der Waals surface area (Å²) < 4.78 is 20.7. The van der Waals surface area contributed by atoms with E-state index in [1.165, 1.54) is 21.3 Å². The zero-order chi connectivity index (χ0) is 15.8. The molecular weight excluding hydrogens is 276 g/mol. The summed E-state index contributed by atoms with van der Waals surface area (Å²) in [4.78, 5) is 11.7. The molecule has 7 nitrogen and oxygen atoms in total. The summed E-state index contributed by atoms with van der Waals surface area (Å²) >= 11 is 0. The van der Waals surface area contributed by atoms with E-state index in [0.717, 1.165) is 0 Å². The van der Waals surface area contributed by atoms with Gasteiger partial charge in [0.1, 0.15) is 6.04 Å². The van der Waals surface area contributed by atoms with E-state index < -0.39 is 11.9 Å². The quantitative estimate of drug-likeness (QED) is 0.644. The minimum atomic E-state index is -0.672. The van der Waals surface area contributed by atoms with Gasteiger partial charge in [-0.15, -0.1) is 0 Å². The van der Waals surface area contributed by atoms with Gasteiger partial charge in [-0.05, 0) is 17.7 Å². The summed E-state index contributed by atoms with van der Waals surface area (Å²) in [6.07, 6.45) is 0. The molecule has 1 aromatic carbocycles. The maximum atomic E-state index is 11.7. The summed E-state index contributed by atoms with van der Waals surface area (Å²) in [6, 6.07) is 2.71. The molecule has 0 saturated carbocycles. The monoisotopic (exact) mass is 298 g/mol. The number of carbonyl (C=O) groups is 1. The molecule has 1 atom stereocenters. The van der Waals surface area contributed by atoms with Crippen molar-refractivity contribution in [2.75, 3.05) is 41.6 Å². The molecule has 0 saturated heterocycles. The van der Waals surface area contributed by atoms with Gasteiger partial charge in [0.15, 0.2) is 11.5 Å². The third kappa shape index (κ3) is 4.24. The van der Waals surface area contributed by atoms with Gasteiger partial charge < -0.3 is 24.7 Å². The zero-order valence-electron chi connectivity index (χ0n) is 12.8. The first-order valence-corrected chi connectivity index (χ1v) is 6.40. The highest BCUT2D eigenvalue weighted by Crippen LogP contribution is 2.39. The highest BCUT2D eigenvalue weighted by Gasteiger charge is 2.22. The average molecular weight is 298 g/mol. The molecule has 0 aliphatic heterocycles. The van der Waals surface area contributed by atoms with Gasteiger partial charge in [0, 0.05) is 13.7 Å². The molecule has 0 spiro atoms. The van der Waals surface area contributed by atoms with Crippen LogP contribution in [0.25, 0.3) is 0 Å². The van der Waals surface area contributed by atoms with Crippen molar-refractivity contribution in [2.45, 2.75) is 6.04 Å². The Labute approximate surface area is 124 Å². The Hall–Kier alpha value is -1.99. The topological polar surface area (TPSA) is 92.0 Å². The zero-order valence-corrected chi connectivity index (χ0v) is 12.8. The third-order valence-electron chi connectivity index (χ3n) is 2.96. The number of carbonyl (C=O) groups excluding carboxylic acids is 1. The number of primary amides is 1. The minimum Gasteiger partial charge on any atom is -0.493 e. The van der Waals surface area contributed by atoms with Crippen molar-refractivity contribution in [3.63, 3.8) is 0 Å². The summed E-state index contributed by atoms with van der Waals surface area (Å²) in [7, 11) is 6.13. The molecule has 7 heteroatoms. The largest absolute Gasteiger partial charge is 0.493 e. The van der Waals surface area contributed by atoms with Crippen LogP contribution in [0.4, 0.5) is 0 Å². The van der Waals surface area contributed by atoms with E-state index in [1.807, 2.05) is 0 Å². The van der Waals surface area contributed by atoms with Crippen LogP contribution in [0, 0.1) is 0 Å². The molecule has 118 valence electrons. The number of rotatable bonds is 9. The number of methoxy groups -OCH3 is 4. The van der Waals surface area contributed by atoms with Crippen LogP contribution >= 0.6 is 0 Å². The second kappa shape index (κ2) is 8.33. The first kappa shape index (κ1) is 17.1. The Kier molecular flexibility index (Phi) is 6.77. The first-order chi connectivity index (χ1) is 10.1. The number of hydrogen-bond acceptors (Lipinski definition) is 6. The average Bonchev–Trinajstić information content (AvgIpc) is 2.49. The van der Waals surface area contributed by atoms with Crippen LogP contribution in [0.2, 0.25) is 0 Å². The number of hydrogen-bond donors (Lipinski definition) is 2. The van der Waals surface area contributed by atoms with Crippen molar-refractivity contribution in [3.8, 4) is 17.2 Å². The van der Waals surface area contributed by atoms with E-state index in [0.29, 0.717) is 36.0 Å². The van der Waals surface area contributed by atoms with Crippen molar-refractivity contribution in [3.05, 3.63) is 17.7 Å². The molecule has 0 bridgehead atoms. The molecule has 1 aromatic rings. The van der Waals surface area contributed by atoms with E-state index in [4.69, 9.17) is 24.7 Å². The molecule has 1 rings (SSSR count). The van der Waals surface area contributed by atoms with Crippen LogP contribution in [0.15, 0.2) is 12.1 Å². The van der Waals surface area contributed by atoms with Crippen molar-refractivity contribution in [1.82, 2.24) is 5.32 Å². The smallest absolute Gasteiger partial charge is 0.239 e. The standard InChI is InChI=1S/C14H22N2O5/c1-18-6-5-16-12(14(15)17)9-7-10(19-2)13(21-4)11(8-9)20-3/h7-8,12,16H,5-6H2,1-4H3,(H2,15,17). The van der Waals surface area contributed by atoms with E-state index in [-0.39, 0.29) is 0 Å². The molecule has 1 unspecified atom stereocenters. The Morgan fingerprint density at radius 1 is 1.14 bits per heavy atom. The highest BCUT2D eigenvalue weighted by molar-refractivity contribution is 5.82. The normalized spacial score (nSPS) is 11.8. The Morgan fingerprint density at radius 3 is 2.10 bits per heavy atom. The van der Waals surface area contributed by atoms with Crippen LogP contribution in [0.1, 0.15) is 11.6 Å². The molecular formula is C14H22N2O5. The van der Waals surface area contributed by atoms with Gasteiger partial charge in [-0.2, -0.15) is 0 Å². The third-order valence-corrected chi connectivity index (χ3v) is 2.96. The predicted octanol–water partition coefficient (Wildman–Crippen LogP) is 0.475. The van der Waals surface area contributed by atoms with Gasteiger partial charge in [0.2, 0.25) is 11.7 Å². The SMILES string of the molecule is COCCNC(C(N)=O)c1cc(OC)c(OC)c(OC)c1. The van der Waals surface area contributed by atoms with E-state index in [2.05, 4.69) is 5.32 Å². The van der Waals surface area contributed by atoms with Gasteiger partial charge in [0.05, 0.1) is 27.9 Å². The lowest BCUT2D eigenvalue weighted by Gasteiger charge is -2.19. The summed E-state index contributed by atoms with van der Waals surface area (Å²) in [5.41, 5.74) is 6.08. The van der Waals surface area contributed by atoms with Gasteiger partial charge >= 0.3 is 0 Å². The number of benzene rings is 1. The molecule has 0 aliphatic rings. The fraction of sp³-hybridized carbons (Fsp3) is 0.500. The molecule has 0 fully saturated rings. The van der Waals surface area contributed by atoms with Gasteiger partial charge in [-0.3, -0.25) is 10.1 Å². The van der Waals surface area contributed by atoms with Crippen molar-refractivity contribution in [1.29, 1.82) is 0 Å². The molecule has 0 heterocycles. The molecule has 3 N–H and O–H groups in total. The van der Waals surface area contributed by atoms with Crippen LogP contribution < -0.4 is 25.3 Å².